The van der Waals surface area contributed by atoms with Gasteiger partial charge in [0.25, 0.3) is 0 Å². The van der Waals surface area contributed by atoms with Gasteiger partial charge in [-0.25, -0.2) is 4.79 Å². The molecule has 0 radical (unpaired) electrons. The topological polar surface area (TPSA) is 46.5 Å². The lowest BCUT2D eigenvalue weighted by Crippen LogP contribution is -2.01. The van der Waals surface area contributed by atoms with Crippen molar-refractivity contribution >= 4 is 28.6 Å². The number of aromatic carboxylic acids is 1. The molecule has 0 bridgehead atoms. The highest BCUT2D eigenvalue weighted by atomic mass is 127. The van der Waals surface area contributed by atoms with Gasteiger partial charge in [0, 0.05) is 3.57 Å². The zero-order chi connectivity index (χ0) is 13.8. The molecule has 0 spiro atoms. The average Bonchev–Trinajstić information content (AvgIpc) is 2.37. The highest BCUT2D eigenvalue weighted by Gasteiger charge is 2.06. The molecule has 0 aliphatic rings. The van der Waals surface area contributed by atoms with E-state index in [1.54, 1.807) is 18.2 Å². The Morgan fingerprint density at radius 1 is 1.26 bits per heavy atom. The number of carboxylic acids is 1. The Balaban J connectivity index is 2.10. The first-order valence-electron chi connectivity index (χ1n) is 5.77. The molecular weight excluding hydrogens is 355 g/mol. The Morgan fingerprint density at radius 2 is 2.05 bits per heavy atom. The van der Waals surface area contributed by atoms with E-state index in [4.69, 9.17) is 9.84 Å². The normalized spacial score (nSPS) is 10.2. The third-order valence-electron chi connectivity index (χ3n) is 2.78. The van der Waals surface area contributed by atoms with Crippen LogP contribution in [0.2, 0.25) is 0 Å². The highest BCUT2D eigenvalue weighted by molar-refractivity contribution is 14.1. The van der Waals surface area contributed by atoms with Crippen LogP contribution in [-0.2, 0) is 6.61 Å². The van der Waals surface area contributed by atoms with Crippen LogP contribution in [0.3, 0.4) is 0 Å². The SMILES string of the molecule is Cc1cc(C(=O)O)ccc1COc1cccc(I)c1. The molecule has 2 aromatic rings. The minimum Gasteiger partial charge on any atom is -0.489 e. The lowest BCUT2D eigenvalue weighted by Gasteiger charge is -2.09. The van der Waals surface area contributed by atoms with Crippen LogP contribution in [0, 0.1) is 10.5 Å². The van der Waals surface area contributed by atoms with Crippen molar-refractivity contribution in [3.05, 3.63) is 62.7 Å². The summed E-state index contributed by atoms with van der Waals surface area (Å²) in [4.78, 5) is 10.8. The number of benzene rings is 2. The van der Waals surface area contributed by atoms with Crippen molar-refractivity contribution in [2.75, 3.05) is 0 Å². The van der Waals surface area contributed by atoms with Crippen molar-refractivity contribution in [1.82, 2.24) is 0 Å². The summed E-state index contributed by atoms with van der Waals surface area (Å²) >= 11 is 2.23. The highest BCUT2D eigenvalue weighted by Crippen LogP contribution is 2.18. The van der Waals surface area contributed by atoms with Crippen molar-refractivity contribution in [2.45, 2.75) is 13.5 Å². The predicted octanol–water partition coefficient (Wildman–Crippen LogP) is 3.88. The molecule has 0 saturated carbocycles. The van der Waals surface area contributed by atoms with E-state index in [-0.39, 0.29) is 0 Å². The first kappa shape index (κ1) is 13.9. The zero-order valence-electron chi connectivity index (χ0n) is 10.4. The number of halogens is 1. The Morgan fingerprint density at radius 3 is 2.68 bits per heavy atom. The Labute approximate surface area is 125 Å². The summed E-state index contributed by atoms with van der Waals surface area (Å²) in [5.41, 5.74) is 2.21. The van der Waals surface area contributed by atoms with E-state index in [0.717, 1.165) is 20.4 Å². The van der Waals surface area contributed by atoms with Gasteiger partial charge in [0.1, 0.15) is 12.4 Å². The molecule has 0 heterocycles. The fraction of sp³-hybridized carbons (Fsp3) is 0.133. The Bertz CT molecular complexity index is 608. The smallest absolute Gasteiger partial charge is 0.335 e. The largest absolute Gasteiger partial charge is 0.489 e. The molecule has 0 aliphatic carbocycles. The maximum Gasteiger partial charge on any atom is 0.335 e. The number of hydrogen-bond donors (Lipinski definition) is 1. The first-order chi connectivity index (χ1) is 9.06. The molecule has 0 aliphatic heterocycles. The number of hydrogen-bond acceptors (Lipinski definition) is 2. The summed E-state index contributed by atoms with van der Waals surface area (Å²) < 4.78 is 6.82. The van der Waals surface area contributed by atoms with E-state index in [0.29, 0.717) is 12.2 Å². The van der Waals surface area contributed by atoms with Crippen LogP contribution in [-0.4, -0.2) is 11.1 Å². The van der Waals surface area contributed by atoms with E-state index < -0.39 is 5.97 Å². The minimum atomic E-state index is -0.909. The van der Waals surface area contributed by atoms with Gasteiger partial charge in [0.2, 0.25) is 0 Å². The summed E-state index contributed by atoms with van der Waals surface area (Å²) in [6.45, 7) is 2.33. The van der Waals surface area contributed by atoms with Gasteiger partial charge in [-0.2, -0.15) is 0 Å². The van der Waals surface area contributed by atoms with Crippen molar-refractivity contribution < 1.29 is 14.6 Å². The van der Waals surface area contributed by atoms with Gasteiger partial charge in [0.05, 0.1) is 5.56 Å². The van der Waals surface area contributed by atoms with Crippen LogP contribution >= 0.6 is 22.6 Å². The fourth-order valence-electron chi connectivity index (χ4n) is 1.71. The molecule has 0 saturated heterocycles. The number of ether oxygens (including phenoxy) is 1. The van der Waals surface area contributed by atoms with Gasteiger partial charge in [-0.05, 0) is 71.0 Å². The summed E-state index contributed by atoms with van der Waals surface area (Å²) in [6, 6.07) is 12.9. The molecule has 19 heavy (non-hydrogen) atoms. The third kappa shape index (κ3) is 3.70. The van der Waals surface area contributed by atoms with Gasteiger partial charge in [-0.3, -0.25) is 0 Å². The zero-order valence-corrected chi connectivity index (χ0v) is 12.5. The molecule has 1 N–H and O–H groups in total. The second kappa shape index (κ2) is 6.06. The van der Waals surface area contributed by atoms with Gasteiger partial charge in [0.15, 0.2) is 0 Å². The minimum absolute atomic E-state index is 0.301. The van der Waals surface area contributed by atoms with Crippen LogP contribution in [0.15, 0.2) is 42.5 Å². The average molecular weight is 368 g/mol. The van der Waals surface area contributed by atoms with Crippen molar-refractivity contribution in [3.63, 3.8) is 0 Å². The molecule has 3 nitrogen and oxygen atoms in total. The van der Waals surface area contributed by atoms with Gasteiger partial charge in [-0.15, -0.1) is 0 Å². The predicted molar refractivity (Wildman–Crippen MR) is 81.6 cm³/mol. The quantitative estimate of drug-likeness (QED) is 0.834. The molecule has 4 heteroatoms. The first-order valence-corrected chi connectivity index (χ1v) is 6.85. The maximum absolute atomic E-state index is 10.8. The second-order valence-corrected chi connectivity index (χ2v) is 5.44. The number of rotatable bonds is 4. The molecule has 0 fully saturated rings. The second-order valence-electron chi connectivity index (χ2n) is 4.19. The summed E-state index contributed by atoms with van der Waals surface area (Å²) in [5.74, 6) is -0.0956. The van der Waals surface area contributed by atoms with E-state index in [1.807, 2.05) is 31.2 Å². The van der Waals surface area contributed by atoms with Gasteiger partial charge in [-0.1, -0.05) is 12.1 Å². The fourth-order valence-corrected chi connectivity index (χ4v) is 2.22. The lowest BCUT2D eigenvalue weighted by atomic mass is 10.1. The standard InChI is InChI=1S/C15H13IO3/c1-10-7-11(15(17)18)5-6-12(10)9-19-14-4-2-3-13(16)8-14/h2-8H,9H2,1H3,(H,17,18). The molecule has 0 aromatic heterocycles. The molecule has 0 amide bonds. The molecule has 2 rings (SSSR count). The summed E-state index contributed by atoms with van der Waals surface area (Å²) in [6.07, 6.45) is 0. The monoisotopic (exact) mass is 368 g/mol. The molecular formula is C15H13IO3. The molecule has 0 atom stereocenters. The molecule has 0 unspecified atom stereocenters. The maximum atomic E-state index is 10.8. The van der Waals surface area contributed by atoms with E-state index in [9.17, 15) is 4.79 Å². The number of carbonyl (C=O) groups is 1. The van der Waals surface area contributed by atoms with Crippen LogP contribution < -0.4 is 4.74 Å². The van der Waals surface area contributed by atoms with E-state index in [2.05, 4.69) is 22.6 Å². The van der Waals surface area contributed by atoms with Crippen LogP contribution in [0.1, 0.15) is 21.5 Å². The Kier molecular flexibility index (Phi) is 4.42. The molecule has 98 valence electrons. The van der Waals surface area contributed by atoms with E-state index >= 15 is 0 Å². The van der Waals surface area contributed by atoms with Gasteiger partial charge >= 0.3 is 5.97 Å². The van der Waals surface area contributed by atoms with Crippen molar-refractivity contribution in [2.24, 2.45) is 0 Å². The summed E-state index contributed by atoms with van der Waals surface area (Å²) in [7, 11) is 0. The van der Waals surface area contributed by atoms with E-state index in [1.165, 1.54) is 0 Å². The third-order valence-corrected chi connectivity index (χ3v) is 3.45. The lowest BCUT2D eigenvalue weighted by molar-refractivity contribution is 0.0696. The van der Waals surface area contributed by atoms with Crippen molar-refractivity contribution in [3.8, 4) is 5.75 Å². The Hall–Kier alpha value is -1.56. The van der Waals surface area contributed by atoms with Gasteiger partial charge < -0.3 is 9.84 Å². The molecule has 2 aromatic carbocycles. The van der Waals surface area contributed by atoms with Crippen LogP contribution in [0.5, 0.6) is 5.75 Å². The summed E-state index contributed by atoms with van der Waals surface area (Å²) in [5, 5.41) is 8.91. The van der Waals surface area contributed by atoms with Crippen LogP contribution in [0.4, 0.5) is 0 Å². The van der Waals surface area contributed by atoms with Crippen molar-refractivity contribution in [1.29, 1.82) is 0 Å². The number of aryl methyl sites for hydroxylation is 1. The number of carboxylic acid groups (broad SMARTS) is 1. The van der Waals surface area contributed by atoms with Crippen LogP contribution in [0.25, 0.3) is 0 Å².